The van der Waals surface area contributed by atoms with Gasteiger partial charge in [0, 0.05) is 29.0 Å². The molecule has 1 amide bonds. The van der Waals surface area contributed by atoms with Gasteiger partial charge in [0.2, 0.25) is 5.91 Å². The van der Waals surface area contributed by atoms with E-state index >= 15 is 0 Å². The highest BCUT2D eigenvalue weighted by molar-refractivity contribution is 5.95. The molecule has 0 aromatic carbocycles. The van der Waals surface area contributed by atoms with Crippen LogP contribution in [0.25, 0.3) is 0 Å². The minimum Gasteiger partial charge on any atom is -0.325 e. The van der Waals surface area contributed by atoms with Gasteiger partial charge in [-0.1, -0.05) is 13.8 Å². The van der Waals surface area contributed by atoms with Gasteiger partial charge in [0.1, 0.15) is 0 Å². The number of piperidine rings is 1. The lowest BCUT2D eigenvalue weighted by atomic mass is 9.79. The maximum absolute atomic E-state index is 12.6. The molecule has 2 rings (SSSR count). The van der Waals surface area contributed by atoms with Gasteiger partial charge < -0.3 is 10.2 Å². The molecule has 1 aromatic heterocycles. The van der Waals surface area contributed by atoms with E-state index < -0.39 is 0 Å². The average Bonchev–Trinajstić information content (AvgIpc) is 2.48. The highest BCUT2D eigenvalue weighted by Crippen LogP contribution is 2.33. The Morgan fingerprint density at radius 2 is 2.10 bits per heavy atom. The van der Waals surface area contributed by atoms with E-state index in [9.17, 15) is 4.79 Å². The lowest BCUT2D eigenvalue weighted by Gasteiger charge is -2.40. The first kappa shape index (κ1) is 16.0. The third kappa shape index (κ3) is 3.82. The second-order valence-electron chi connectivity index (χ2n) is 6.53. The number of hydrogen-bond donors (Lipinski definition) is 1. The van der Waals surface area contributed by atoms with E-state index in [1.807, 2.05) is 12.1 Å². The van der Waals surface area contributed by atoms with Crippen molar-refractivity contribution in [2.24, 2.45) is 5.41 Å². The molecular weight excluding hydrogens is 262 g/mol. The Morgan fingerprint density at radius 3 is 2.67 bits per heavy atom. The van der Waals surface area contributed by atoms with Crippen LogP contribution in [-0.2, 0) is 11.2 Å². The first-order valence-corrected chi connectivity index (χ1v) is 7.95. The lowest BCUT2D eigenvalue weighted by Crippen LogP contribution is -2.47. The minimum atomic E-state index is -0.263. The molecule has 21 heavy (non-hydrogen) atoms. The summed E-state index contributed by atoms with van der Waals surface area (Å²) in [4.78, 5) is 19.3. The van der Waals surface area contributed by atoms with Crippen molar-refractivity contribution in [3.63, 3.8) is 0 Å². The summed E-state index contributed by atoms with van der Waals surface area (Å²) >= 11 is 0. The number of amides is 1. The van der Waals surface area contributed by atoms with E-state index in [0.717, 1.165) is 43.7 Å². The molecule has 0 unspecified atom stereocenters. The van der Waals surface area contributed by atoms with Gasteiger partial charge in [-0.15, -0.1) is 0 Å². The molecule has 1 N–H and O–H groups in total. The Balaban J connectivity index is 1.99. The summed E-state index contributed by atoms with van der Waals surface area (Å²) in [7, 11) is 0. The van der Waals surface area contributed by atoms with Crippen LogP contribution < -0.4 is 5.32 Å². The van der Waals surface area contributed by atoms with Gasteiger partial charge in [-0.2, -0.15) is 0 Å². The summed E-state index contributed by atoms with van der Waals surface area (Å²) in [6.07, 6.45) is 4.48. The zero-order chi connectivity index (χ0) is 15.5. The zero-order valence-corrected chi connectivity index (χ0v) is 13.6. The Bertz CT molecular complexity index is 491. The molecule has 1 saturated heterocycles. The van der Waals surface area contributed by atoms with Crippen molar-refractivity contribution >= 4 is 11.6 Å². The van der Waals surface area contributed by atoms with E-state index in [4.69, 9.17) is 0 Å². The molecule has 0 aliphatic carbocycles. The standard InChI is InChI=1S/C17H27N3O/c1-5-14-12-15(6-9-18-14)19-16(21)17(4)7-10-20(11-8-17)13(2)3/h6,9,12-13H,5,7-8,10-11H2,1-4H3,(H,18,19,21). The first-order valence-electron chi connectivity index (χ1n) is 7.95. The largest absolute Gasteiger partial charge is 0.325 e. The maximum atomic E-state index is 12.6. The summed E-state index contributed by atoms with van der Waals surface area (Å²) in [5, 5.41) is 3.07. The molecule has 0 bridgehead atoms. The molecule has 0 atom stereocenters. The van der Waals surface area contributed by atoms with Gasteiger partial charge >= 0.3 is 0 Å². The van der Waals surface area contributed by atoms with Crippen LogP contribution in [0.5, 0.6) is 0 Å². The first-order chi connectivity index (χ1) is 9.94. The van der Waals surface area contributed by atoms with Gasteiger partial charge in [-0.3, -0.25) is 9.78 Å². The van der Waals surface area contributed by atoms with Crippen molar-refractivity contribution in [1.29, 1.82) is 0 Å². The van der Waals surface area contributed by atoms with Crippen molar-refractivity contribution in [2.45, 2.75) is 53.0 Å². The van der Waals surface area contributed by atoms with Crippen LogP contribution in [0, 0.1) is 5.41 Å². The monoisotopic (exact) mass is 289 g/mol. The fraction of sp³-hybridized carbons (Fsp3) is 0.647. The number of hydrogen-bond acceptors (Lipinski definition) is 3. The molecule has 1 aliphatic rings. The summed E-state index contributed by atoms with van der Waals surface area (Å²) in [5.74, 6) is 0.138. The highest BCUT2D eigenvalue weighted by atomic mass is 16.2. The Morgan fingerprint density at radius 1 is 1.43 bits per heavy atom. The summed E-state index contributed by atoms with van der Waals surface area (Å²) in [6, 6.07) is 4.39. The average molecular weight is 289 g/mol. The second-order valence-corrected chi connectivity index (χ2v) is 6.53. The van der Waals surface area contributed by atoms with E-state index in [-0.39, 0.29) is 11.3 Å². The number of nitrogens with zero attached hydrogens (tertiary/aromatic N) is 2. The SMILES string of the molecule is CCc1cc(NC(=O)C2(C)CCN(C(C)C)CC2)ccn1. The van der Waals surface area contributed by atoms with Crippen molar-refractivity contribution < 1.29 is 4.79 Å². The number of aryl methyl sites for hydroxylation is 1. The zero-order valence-electron chi connectivity index (χ0n) is 13.6. The predicted molar refractivity (Wildman–Crippen MR) is 86.3 cm³/mol. The van der Waals surface area contributed by atoms with E-state index in [0.29, 0.717) is 6.04 Å². The van der Waals surface area contributed by atoms with Crippen LogP contribution in [-0.4, -0.2) is 34.9 Å². The molecule has 0 saturated carbocycles. The van der Waals surface area contributed by atoms with Crippen molar-refractivity contribution in [3.05, 3.63) is 24.0 Å². The molecule has 0 radical (unpaired) electrons. The van der Waals surface area contributed by atoms with Gasteiger partial charge in [0.25, 0.3) is 0 Å². The van der Waals surface area contributed by atoms with Crippen molar-refractivity contribution in [3.8, 4) is 0 Å². The molecule has 1 aliphatic heterocycles. The number of pyridine rings is 1. The molecular formula is C17H27N3O. The highest BCUT2D eigenvalue weighted by Gasteiger charge is 2.37. The lowest BCUT2D eigenvalue weighted by molar-refractivity contribution is -0.127. The van der Waals surface area contributed by atoms with Crippen LogP contribution in [0.2, 0.25) is 0 Å². The van der Waals surface area contributed by atoms with Crippen LogP contribution >= 0.6 is 0 Å². The quantitative estimate of drug-likeness (QED) is 0.926. The Labute approximate surface area is 127 Å². The predicted octanol–water partition coefficient (Wildman–Crippen LogP) is 3.09. The Kier molecular flexibility index (Phi) is 4.99. The summed E-state index contributed by atoms with van der Waals surface area (Å²) in [6.45, 7) is 10.6. The number of aromatic nitrogens is 1. The van der Waals surface area contributed by atoms with Crippen LogP contribution in [0.4, 0.5) is 5.69 Å². The topological polar surface area (TPSA) is 45.2 Å². The third-order valence-electron chi connectivity index (χ3n) is 4.62. The molecule has 2 heterocycles. The number of likely N-dealkylation sites (tertiary alicyclic amines) is 1. The van der Waals surface area contributed by atoms with Crippen molar-refractivity contribution in [1.82, 2.24) is 9.88 Å². The number of carbonyl (C=O) groups excluding carboxylic acids is 1. The van der Waals surface area contributed by atoms with Gasteiger partial charge in [-0.05, 0) is 58.3 Å². The van der Waals surface area contributed by atoms with Crippen LogP contribution in [0.15, 0.2) is 18.3 Å². The van der Waals surface area contributed by atoms with E-state index in [1.165, 1.54) is 0 Å². The van der Waals surface area contributed by atoms with Gasteiger partial charge in [-0.25, -0.2) is 0 Å². The van der Waals surface area contributed by atoms with Crippen molar-refractivity contribution in [2.75, 3.05) is 18.4 Å². The normalized spacial score (nSPS) is 18.7. The molecule has 1 fully saturated rings. The van der Waals surface area contributed by atoms with Gasteiger partial charge in [0.05, 0.1) is 0 Å². The number of carbonyl (C=O) groups is 1. The number of anilines is 1. The Hall–Kier alpha value is -1.42. The van der Waals surface area contributed by atoms with E-state index in [2.05, 4.69) is 42.9 Å². The molecule has 1 aromatic rings. The third-order valence-corrected chi connectivity index (χ3v) is 4.62. The molecule has 4 heteroatoms. The number of rotatable bonds is 4. The van der Waals surface area contributed by atoms with Crippen LogP contribution in [0.3, 0.4) is 0 Å². The smallest absolute Gasteiger partial charge is 0.230 e. The summed E-state index contributed by atoms with van der Waals surface area (Å²) in [5.41, 5.74) is 1.60. The number of nitrogens with one attached hydrogen (secondary N) is 1. The second kappa shape index (κ2) is 6.56. The van der Waals surface area contributed by atoms with E-state index in [1.54, 1.807) is 6.20 Å². The fourth-order valence-corrected chi connectivity index (χ4v) is 2.79. The fourth-order valence-electron chi connectivity index (χ4n) is 2.79. The summed E-state index contributed by atoms with van der Waals surface area (Å²) < 4.78 is 0. The minimum absolute atomic E-state index is 0.138. The molecule has 0 spiro atoms. The van der Waals surface area contributed by atoms with Gasteiger partial charge in [0.15, 0.2) is 0 Å². The maximum Gasteiger partial charge on any atom is 0.230 e. The van der Waals surface area contributed by atoms with Crippen LogP contribution in [0.1, 0.15) is 46.2 Å². The molecule has 4 nitrogen and oxygen atoms in total. The molecule has 116 valence electrons.